The van der Waals surface area contributed by atoms with E-state index < -0.39 is 0 Å². The third kappa shape index (κ3) is 4.10. The summed E-state index contributed by atoms with van der Waals surface area (Å²) < 4.78 is 18.5. The van der Waals surface area contributed by atoms with Crippen molar-refractivity contribution in [2.24, 2.45) is 11.1 Å². The molecule has 1 aromatic carbocycles. The summed E-state index contributed by atoms with van der Waals surface area (Å²) in [5.41, 5.74) is 7.03. The molecule has 0 bridgehead atoms. The van der Waals surface area contributed by atoms with Crippen LogP contribution >= 0.6 is 0 Å². The zero-order chi connectivity index (χ0) is 13.1. The van der Waals surface area contributed by atoms with E-state index in [1.54, 1.807) is 13.2 Å². The fourth-order valence-corrected chi connectivity index (χ4v) is 2.21. The van der Waals surface area contributed by atoms with Gasteiger partial charge in [0.25, 0.3) is 0 Å². The minimum absolute atomic E-state index is 0.0263. The lowest BCUT2D eigenvalue weighted by Gasteiger charge is -2.34. The Kier molecular flexibility index (Phi) is 4.66. The van der Waals surface area contributed by atoms with Crippen molar-refractivity contribution in [2.45, 2.75) is 39.3 Å². The number of halogens is 1. The highest BCUT2D eigenvalue weighted by Crippen LogP contribution is 2.25. The first-order chi connectivity index (χ1) is 7.84. The SMILES string of the molecule is COC(C(N)Cc1cccc(F)c1)C(C)(C)C. The molecule has 0 saturated carbocycles. The summed E-state index contributed by atoms with van der Waals surface area (Å²) in [5.74, 6) is -0.223. The molecule has 1 rings (SSSR count). The molecule has 3 heteroatoms. The molecule has 0 radical (unpaired) electrons. The molecule has 96 valence electrons. The number of methoxy groups -OCH3 is 1. The Morgan fingerprint density at radius 3 is 2.47 bits per heavy atom. The van der Waals surface area contributed by atoms with Gasteiger partial charge in [-0.25, -0.2) is 4.39 Å². The lowest BCUT2D eigenvalue weighted by atomic mass is 9.83. The minimum Gasteiger partial charge on any atom is -0.379 e. The number of nitrogens with two attached hydrogens (primary N) is 1. The number of benzene rings is 1. The van der Waals surface area contributed by atoms with E-state index >= 15 is 0 Å². The van der Waals surface area contributed by atoms with Gasteiger partial charge >= 0.3 is 0 Å². The van der Waals surface area contributed by atoms with Crippen LogP contribution in [0.5, 0.6) is 0 Å². The maximum absolute atomic E-state index is 13.1. The molecule has 0 aliphatic heterocycles. The van der Waals surface area contributed by atoms with E-state index in [1.807, 2.05) is 6.07 Å². The van der Waals surface area contributed by atoms with Crippen molar-refractivity contribution in [3.63, 3.8) is 0 Å². The van der Waals surface area contributed by atoms with Crippen LogP contribution in [0.2, 0.25) is 0 Å². The monoisotopic (exact) mass is 239 g/mol. The Hall–Kier alpha value is -0.930. The van der Waals surface area contributed by atoms with Crippen molar-refractivity contribution in [2.75, 3.05) is 7.11 Å². The van der Waals surface area contributed by atoms with Crippen LogP contribution in [-0.4, -0.2) is 19.3 Å². The van der Waals surface area contributed by atoms with Crippen LogP contribution in [0, 0.1) is 11.2 Å². The van der Waals surface area contributed by atoms with Crippen LogP contribution in [0.1, 0.15) is 26.3 Å². The van der Waals surface area contributed by atoms with Crippen LogP contribution in [0.25, 0.3) is 0 Å². The van der Waals surface area contributed by atoms with Crippen LogP contribution in [0.3, 0.4) is 0 Å². The van der Waals surface area contributed by atoms with Gasteiger partial charge in [0.05, 0.1) is 6.10 Å². The lowest BCUT2D eigenvalue weighted by Crippen LogP contribution is -2.46. The lowest BCUT2D eigenvalue weighted by molar-refractivity contribution is -0.00166. The van der Waals surface area contributed by atoms with Crippen molar-refractivity contribution in [1.29, 1.82) is 0 Å². The molecule has 2 N–H and O–H groups in total. The third-order valence-electron chi connectivity index (χ3n) is 2.86. The predicted octanol–water partition coefficient (Wildman–Crippen LogP) is 2.76. The highest BCUT2D eigenvalue weighted by molar-refractivity contribution is 5.17. The Labute approximate surface area is 103 Å². The molecule has 2 unspecified atom stereocenters. The van der Waals surface area contributed by atoms with Gasteiger partial charge in [0.15, 0.2) is 0 Å². The van der Waals surface area contributed by atoms with Gasteiger partial charge in [0.2, 0.25) is 0 Å². The van der Waals surface area contributed by atoms with Crippen LogP contribution < -0.4 is 5.73 Å². The molecule has 0 aromatic heterocycles. The van der Waals surface area contributed by atoms with Crippen LogP contribution in [0.15, 0.2) is 24.3 Å². The van der Waals surface area contributed by atoms with Crippen molar-refractivity contribution < 1.29 is 9.13 Å². The van der Waals surface area contributed by atoms with E-state index in [9.17, 15) is 4.39 Å². The van der Waals surface area contributed by atoms with Gasteiger partial charge in [-0.3, -0.25) is 0 Å². The summed E-state index contributed by atoms with van der Waals surface area (Å²) in [6.07, 6.45) is 0.568. The molecular formula is C14H22FNO. The fourth-order valence-electron chi connectivity index (χ4n) is 2.21. The zero-order valence-corrected chi connectivity index (χ0v) is 11.0. The van der Waals surface area contributed by atoms with Crippen LogP contribution in [-0.2, 0) is 11.2 Å². The van der Waals surface area contributed by atoms with Crippen molar-refractivity contribution >= 4 is 0 Å². The number of hydrogen-bond acceptors (Lipinski definition) is 2. The van der Waals surface area contributed by atoms with Crippen LogP contribution in [0.4, 0.5) is 4.39 Å². The largest absolute Gasteiger partial charge is 0.379 e. The minimum atomic E-state index is -0.223. The summed E-state index contributed by atoms with van der Waals surface area (Å²) in [7, 11) is 1.67. The molecule has 2 atom stereocenters. The summed E-state index contributed by atoms with van der Waals surface area (Å²) in [6, 6.07) is 6.41. The Balaban J connectivity index is 2.74. The summed E-state index contributed by atoms with van der Waals surface area (Å²) >= 11 is 0. The first-order valence-corrected chi connectivity index (χ1v) is 5.87. The molecule has 0 saturated heterocycles. The number of rotatable bonds is 4. The van der Waals surface area contributed by atoms with E-state index in [0.717, 1.165) is 5.56 Å². The average molecular weight is 239 g/mol. The quantitative estimate of drug-likeness (QED) is 0.877. The molecule has 0 spiro atoms. The molecular weight excluding hydrogens is 217 g/mol. The highest BCUT2D eigenvalue weighted by Gasteiger charge is 2.30. The van der Waals surface area contributed by atoms with E-state index in [-0.39, 0.29) is 23.4 Å². The van der Waals surface area contributed by atoms with E-state index in [2.05, 4.69) is 20.8 Å². The van der Waals surface area contributed by atoms with Gasteiger partial charge in [0.1, 0.15) is 5.82 Å². The molecule has 1 aromatic rings. The predicted molar refractivity (Wildman–Crippen MR) is 68.3 cm³/mol. The van der Waals surface area contributed by atoms with Gasteiger partial charge in [0, 0.05) is 13.2 Å². The average Bonchev–Trinajstić information content (AvgIpc) is 2.15. The van der Waals surface area contributed by atoms with Gasteiger partial charge in [-0.05, 0) is 29.5 Å². The first kappa shape index (κ1) is 14.1. The van der Waals surface area contributed by atoms with Gasteiger partial charge < -0.3 is 10.5 Å². The second-order valence-corrected chi connectivity index (χ2v) is 5.52. The van der Waals surface area contributed by atoms with E-state index in [0.29, 0.717) is 6.42 Å². The topological polar surface area (TPSA) is 35.2 Å². The normalized spacial score (nSPS) is 15.6. The number of ether oxygens (including phenoxy) is 1. The summed E-state index contributed by atoms with van der Waals surface area (Å²) in [6.45, 7) is 6.27. The Bertz CT molecular complexity index is 359. The molecule has 0 aliphatic carbocycles. The first-order valence-electron chi connectivity index (χ1n) is 5.87. The van der Waals surface area contributed by atoms with E-state index in [1.165, 1.54) is 12.1 Å². The molecule has 0 amide bonds. The molecule has 17 heavy (non-hydrogen) atoms. The Morgan fingerprint density at radius 2 is 2.00 bits per heavy atom. The van der Waals surface area contributed by atoms with Gasteiger partial charge in [-0.2, -0.15) is 0 Å². The Morgan fingerprint density at radius 1 is 1.35 bits per heavy atom. The number of hydrogen-bond donors (Lipinski definition) is 1. The third-order valence-corrected chi connectivity index (χ3v) is 2.86. The summed E-state index contributed by atoms with van der Waals surface area (Å²) in [4.78, 5) is 0. The maximum Gasteiger partial charge on any atom is 0.123 e. The standard InChI is InChI=1S/C14H22FNO/c1-14(2,3)13(17-4)12(16)9-10-6-5-7-11(15)8-10/h5-8,12-13H,9,16H2,1-4H3. The summed E-state index contributed by atoms with van der Waals surface area (Å²) in [5, 5.41) is 0. The zero-order valence-electron chi connectivity index (χ0n) is 11.0. The highest BCUT2D eigenvalue weighted by atomic mass is 19.1. The molecule has 0 aliphatic rings. The van der Waals surface area contributed by atoms with Gasteiger partial charge in [-0.15, -0.1) is 0 Å². The molecule has 2 nitrogen and oxygen atoms in total. The second kappa shape index (κ2) is 5.61. The van der Waals surface area contributed by atoms with E-state index in [4.69, 9.17) is 10.5 Å². The van der Waals surface area contributed by atoms with Gasteiger partial charge in [-0.1, -0.05) is 32.9 Å². The van der Waals surface area contributed by atoms with Crippen molar-refractivity contribution in [3.8, 4) is 0 Å². The van der Waals surface area contributed by atoms with Crippen molar-refractivity contribution in [3.05, 3.63) is 35.6 Å². The smallest absolute Gasteiger partial charge is 0.123 e. The van der Waals surface area contributed by atoms with Crippen molar-refractivity contribution in [1.82, 2.24) is 0 Å². The molecule has 0 heterocycles. The molecule has 0 fully saturated rings. The fraction of sp³-hybridized carbons (Fsp3) is 0.571. The second-order valence-electron chi connectivity index (χ2n) is 5.52. The maximum atomic E-state index is 13.1.